The first-order chi connectivity index (χ1) is 5.27. The van der Waals surface area contributed by atoms with Crippen LogP contribution in [0.1, 0.15) is 0 Å². The molecule has 12 heavy (non-hydrogen) atoms. The molecule has 0 rings (SSSR count). The van der Waals surface area contributed by atoms with Gasteiger partial charge >= 0.3 is 0 Å². The molecule has 7 nitrogen and oxygen atoms in total. The van der Waals surface area contributed by atoms with Crippen LogP contribution in [0.5, 0.6) is 0 Å². The van der Waals surface area contributed by atoms with Gasteiger partial charge in [0.2, 0.25) is 0 Å². The summed E-state index contributed by atoms with van der Waals surface area (Å²) in [6.07, 6.45) is 0.777. The van der Waals surface area contributed by atoms with Gasteiger partial charge in [0.1, 0.15) is 5.75 Å². The van der Waals surface area contributed by atoms with Gasteiger partial charge in [-0.3, -0.25) is 4.18 Å². The van der Waals surface area contributed by atoms with Crippen LogP contribution in [-0.2, 0) is 28.8 Å². The maximum atomic E-state index is 10.3. The largest absolute Gasteiger partial charge is 0.295 e. The van der Waals surface area contributed by atoms with Crippen LogP contribution in [-0.4, -0.2) is 40.7 Å². The van der Waals surface area contributed by atoms with Crippen molar-refractivity contribution in [3.05, 3.63) is 0 Å². The number of hydrogen-bond donors (Lipinski definition) is 1. The SMILES string of the molecule is CS(=O)(=O)OCCS(=O)(=O)OO. The average Bonchev–Trinajstić information content (AvgIpc) is 1.84. The third-order valence-corrected chi connectivity index (χ3v) is 2.23. The Morgan fingerprint density at radius 3 is 2.08 bits per heavy atom. The zero-order chi connectivity index (χ0) is 9.83. The van der Waals surface area contributed by atoms with E-state index in [4.69, 9.17) is 5.26 Å². The van der Waals surface area contributed by atoms with Crippen LogP contribution in [0, 0.1) is 0 Å². The van der Waals surface area contributed by atoms with Gasteiger partial charge in [0.15, 0.2) is 0 Å². The van der Waals surface area contributed by atoms with E-state index in [0.29, 0.717) is 0 Å². The summed E-state index contributed by atoms with van der Waals surface area (Å²) in [6, 6.07) is 0. The lowest BCUT2D eigenvalue weighted by atomic mass is 10.9. The van der Waals surface area contributed by atoms with Crippen molar-refractivity contribution in [2.45, 2.75) is 0 Å². The summed E-state index contributed by atoms with van der Waals surface area (Å²) in [5, 5.41) is 7.73. The molecule has 0 unspecified atom stereocenters. The number of hydrogen-bond acceptors (Lipinski definition) is 7. The molecule has 9 heteroatoms. The summed E-state index contributed by atoms with van der Waals surface area (Å²) < 4.78 is 48.4. The van der Waals surface area contributed by atoms with E-state index in [1.165, 1.54) is 0 Å². The highest BCUT2D eigenvalue weighted by Crippen LogP contribution is 1.92. The summed E-state index contributed by atoms with van der Waals surface area (Å²) in [6.45, 7) is -0.582. The second-order valence-corrected chi connectivity index (χ2v) is 5.18. The minimum atomic E-state index is -4.08. The Hall–Kier alpha value is -0.220. The van der Waals surface area contributed by atoms with Gasteiger partial charge in [0, 0.05) is 0 Å². The van der Waals surface area contributed by atoms with Gasteiger partial charge in [-0.15, -0.1) is 4.33 Å². The third kappa shape index (κ3) is 6.49. The second-order valence-electron chi connectivity index (χ2n) is 1.86. The highest BCUT2D eigenvalue weighted by molar-refractivity contribution is 7.87. The quantitative estimate of drug-likeness (QED) is 0.351. The Kier molecular flexibility index (Phi) is 4.06. The van der Waals surface area contributed by atoms with Gasteiger partial charge in [-0.1, -0.05) is 0 Å². The van der Waals surface area contributed by atoms with E-state index in [9.17, 15) is 16.8 Å². The molecule has 0 saturated carbocycles. The normalized spacial score (nSPS) is 13.2. The first-order valence-corrected chi connectivity index (χ1v) is 6.06. The molecule has 0 aliphatic heterocycles. The maximum Gasteiger partial charge on any atom is 0.295 e. The fourth-order valence-corrected chi connectivity index (χ4v) is 1.18. The van der Waals surface area contributed by atoms with E-state index < -0.39 is 32.6 Å². The molecule has 0 aromatic heterocycles. The highest BCUT2D eigenvalue weighted by Gasteiger charge is 2.12. The molecule has 0 spiro atoms. The van der Waals surface area contributed by atoms with Crippen molar-refractivity contribution < 1.29 is 30.6 Å². The first-order valence-electron chi connectivity index (χ1n) is 2.67. The smallest absolute Gasteiger partial charge is 0.269 e. The first kappa shape index (κ1) is 11.8. The Balaban J connectivity index is 3.89. The molecule has 0 bridgehead atoms. The zero-order valence-electron chi connectivity index (χ0n) is 6.13. The van der Waals surface area contributed by atoms with Gasteiger partial charge in [0.05, 0.1) is 12.9 Å². The molecule has 0 heterocycles. The fourth-order valence-electron chi connectivity index (χ4n) is 0.325. The summed E-state index contributed by atoms with van der Waals surface area (Å²) >= 11 is 0. The van der Waals surface area contributed by atoms with Crippen LogP contribution in [0.15, 0.2) is 0 Å². The monoisotopic (exact) mass is 220 g/mol. The Bertz CT molecular complexity index is 311. The van der Waals surface area contributed by atoms with Crippen molar-refractivity contribution in [1.29, 1.82) is 0 Å². The zero-order valence-corrected chi connectivity index (χ0v) is 7.76. The van der Waals surface area contributed by atoms with Crippen molar-refractivity contribution in [1.82, 2.24) is 0 Å². The fraction of sp³-hybridized carbons (Fsp3) is 1.00. The Morgan fingerprint density at radius 1 is 1.25 bits per heavy atom. The molecule has 0 amide bonds. The summed E-state index contributed by atoms with van der Waals surface area (Å²) in [7, 11) is -7.73. The van der Waals surface area contributed by atoms with Gasteiger partial charge in [-0.25, -0.2) is 5.26 Å². The molecular formula is C3H8O7S2. The van der Waals surface area contributed by atoms with Crippen molar-refractivity contribution in [3.63, 3.8) is 0 Å². The topological polar surface area (TPSA) is 107 Å². The van der Waals surface area contributed by atoms with Crippen molar-refractivity contribution in [2.24, 2.45) is 0 Å². The van der Waals surface area contributed by atoms with Crippen molar-refractivity contribution in [3.8, 4) is 0 Å². The van der Waals surface area contributed by atoms with Gasteiger partial charge in [0.25, 0.3) is 20.2 Å². The predicted molar refractivity (Wildman–Crippen MR) is 38.3 cm³/mol. The maximum absolute atomic E-state index is 10.3. The van der Waals surface area contributed by atoms with Crippen LogP contribution in [0.2, 0.25) is 0 Å². The molecule has 0 aliphatic carbocycles. The minimum Gasteiger partial charge on any atom is -0.269 e. The van der Waals surface area contributed by atoms with Crippen molar-refractivity contribution >= 4 is 20.2 Å². The molecule has 0 aromatic carbocycles. The van der Waals surface area contributed by atoms with Gasteiger partial charge in [-0.2, -0.15) is 16.8 Å². The molecule has 0 aliphatic rings. The predicted octanol–water partition coefficient (Wildman–Crippen LogP) is -1.22. The van der Waals surface area contributed by atoms with Crippen molar-refractivity contribution in [2.75, 3.05) is 18.6 Å². The molecule has 0 atom stereocenters. The van der Waals surface area contributed by atoms with Crippen LogP contribution in [0.4, 0.5) is 0 Å². The molecule has 0 saturated heterocycles. The van der Waals surface area contributed by atoms with E-state index in [0.717, 1.165) is 6.26 Å². The minimum absolute atomic E-state index is 0.582. The van der Waals surface area contributed by atoms with E-state index >= 15 is 0 Å². The molecular weight excluding hydrogens is 212 g/mol. The molecule has 74 valence electrons. The average molecular weight is 220 g/mol. The van der Waals surface area contributed by atoms with E-state index in [1.54, 1.807) is 0 Å². The van der Waals surface area contributed by atoms with Gasteiger partial charge in [-0.05, 0) is 0 Å². The lowest BCUT2D eigenvalue weighted by Crippen LogP contribution is -2.15. The number of rotatable bonds is 5. The standard InChI is InChI=1S/C3H8O7S2/c1-11(5,6)9-2-3-12(7,8)10-4/h4H,2-3H2,1H3. The lowest BCUT2D eigenvalue weighted by molar-refractivity contribution is -0.130. The third-order valence-electron chi connectivity index (χ3n) is 0.744. The molecule has 0 fully saturated rings. The lowest BCUT2D eigenvalue weighted by Gasteiger charge is -1.99. The van der Waals surface area contributed by atoms with Crippen LogP contribution in [0.25, 0.3) is 0 Å². The van der Waals surface area contributed by atoms with Gasteiger partial charge < -0.3 is 0 Å². The Labute approximate surface area is 70.1 Å². The summed E-state index contributed by atoms with van der Waals surface area (Å²) in [5.74, 6) is -0.726. The molecule has 1 N–H and O–H groups in total. The van der Waals surface area contributed by atoms with E-state index in [2.05, 4.69) is 8.52 Å². The highest BCUT2D eigenvalue weighted by atomic mass is 32.2. The molecule has 0 aromatic rings. The second kappa shape index (κ2) is 4.14. The summed E-state index contributed by atoms with van der Waals surface area (Å²) in [5.41, 5.74) is 0. The molecule has 0 radical (unpaired) electrons. The van der Waals surface area contributed by atoms with Crippen LogP contribution >= 0.6 is 0 Å². The van der Waals surface area contributed by atoms with Crippen LogP contribution in [0.3, 0.4) is 0 Å². The Morgan fingerprint density at radius 2 is 1.75 bits per heavy atom. The van der Waals surface area contributed by atoms with Crippen LogP contribution < -0.4 is 0 Å². The van der Waals surface area contributed by atoms with E-state index in [1.807, 2.05) is 0 Å². The summed E-state index contributed by atoms with van der Waals surface area (Å²) in [4.78, 5) is 0. The van der Waals surface area contributed by atoms with E-state index in [-0.39, 0.29) is 0 Å².